The quantitative estimate of drug-likeness (QED) is 0.806. The molecule has 6 heteroatoms. The van der Waals surface area contributed by atoms with Crippen molar-refractivity contribution in [3.63, 3.8) is 0 Å². The summed E-state index contributed by atoms with van der Waals surface area (Å²) in [7, 11) is 0. The van der Waals surface area contributed by atoms with Crippen LogP contribution in [0.1, 0.15) is 43.7 Å². The lowest BCUT2D eigenvalue weighted by Crippen LogP contribution is -2.48. The first-order chi connectivity index (χ1) is 12.0. The summed E-state index contributed by atoms with van der Waals surface area (Å²) in [6.45, 7) is 7.17. The Morgan fingerprint density at radius 3 is 2.96 bits per heavy atom. The van der Waals surface area contributed by atoms with Crippen molar-refractivity contribution in [3.8, 4) is 0 Å². The molecule has 2 aromatic rings. The predicted octanol–water partition coefficient (Wildman–Crippen LogP) is 2.55. The van der Waals surface area contributed by atoms with Crippen LogP contribution in [-0.4, -0.2) is 39.5 Å². The summed E-state index contributed by atoms with van der Waals surface area (Å²) >= 11 is 0. The summed E-state index contributed by atoms with van der Waals surface area (Å²) in [5, 5.41) is 0. The van der Waals surface area contributed by atoms with E-state index in [0.717, 1.165) is 35.7 Å². The second-order valence-electron chi connectivity index (χ2n) is 6.76. The normalized spacial score (nSPS) is 14.4. The van der Waals surface area contributed by atoms with Crippen LogP contribution in [0.2, 0.25) is 0 Å². The molecule has 0 atom stereocenters. The van der Waals surface area contributed by atoms with Crippen LogP contribution in [0.25, 0.3) is 0 Å². The van der Waals surface area contributed by atoms with Gasteiger partial charge in [-0.05, 0) is 38.8 Å². The van der Waals surface area contributed by atoms with Crippen LogP contribution in [0.4, 0.5) is 0 Å². The lowest BCUT2D eigenvalue weighted by atomic mass is 10.1. The van der Waals surface area contributed by atoms with Gasteiger partial charge in [0.2, 0.25) is 0 Å². The highest BCUT2D eigenvalue weighted by molar-refractivity contribution is 5.84. The molecule has 1 amide bonds. The van der Waals surface area contributed by atoms with Crippen molar-refractivity contribution < 1.29 is 13.9 Å². The molecule has 1 aliphatic rings. The van der Waals surface area contributed by atoms with Crippen molar-refractivity contribution in [1.29, 1.82) is 0 Å². The summed E-state index contributed by atoms with van der Waals surface area (Å²) in [5.41, 5.74) is 1.22. The van der Waals surface area contributed by atoms with Gasteiger partial charge >= 0.3 is 0 Å². The molecule has 0 N–H and O–H groups in total. The summed E-state index contributed by atoms with van der Waals surface area (Å²) in [5.74, 6) is 1.63. The Hall–Kier alpha value is -2.21. The van der Waals surface area contributed by atoms with Gasteiger partial charge < -0.3 is 14.1 Å². The SMILES string of the molecule is CCOC(C)(C)C(=O)N1CCc2oc(CCc3cccnc3)nc2C1. The van der Waals surface area contributed by atoms with Crippen LogP contribution in [0.15, 0.2) is 28.9 Å². The third kappa shape index (κ3) is 4.07. The standard InChI is InChI=1S/C19H25N3O3/c1-4-24-19(2,3)18(23)22-11-9-16-15(13-22)21-17(25-16)8-7-14-6-5-10-20-12-14/h5-6,10,12H,4,7-9,11,13H2,1-3H3. The Morgan fingerprint density at radius 2 is 2.24 bits per heavy atom. The summed E-state index contributed by atoms with van der Waals surface area (Å²) in [6.07, 6.45) is 5.90. The molecule has 134 valence electrons. The molecule has 3 heterocycles. The summed E-state index contributed by atoms with van der Waals surface area (Å²) in [4.78, 5) is 23.2. The van der Waals surface area contributed by atoms with Gasteiger partial charge in [-0.25, -0.2) is 4.98 Å². The molecule has 0 bridgehead atoms. The number of nitrogens with zero attached hydrogens (tertiary/aromatic N) is 3. The van der Waals surface area contributed by atoms with E-state index in [1.165, 1.54) is 0 Å². The number of fused-ring (bicyclic) bond motifs is 1. The second-order valence-corrected chi connectivity index (χ2v) is 6.76. The molecule has 0 spiro atoms. The van der Waals surface area contributed by atoms with E-state index in [1.54, 1.807) is 6.20 Å². The van der Waals surface area contributed by atoms with Crippen molar-refractivity contribution in [2.75, 3.05) is 13.2 Å². The van der Waals surface area contributed by atoms with Crippen LogP contribution >= 0.6 is 0 Å². The first-order valence-corrected chi connectivity index (χ1v) is 8.79. The van der Waals surface area contributed by atoms with Crippen LogP contribution in [0.3, 0.4) is 0 Å². The summed E-state index contributed by atoms with van der Waals surface area (Å²) < 4.78 is 11.5. The molecule has 0 saturated carbocycles. The minimum Gasteiger partial charge on any atom is -0.445 e. The van der Waals surface area contributed by atoms with Crippen molar-refractivity contribution in [2.45, 2.75) is 52.2 Å². The number of oxazole rings is 1. The number of ether oxygens (including phenoxy) is 1. The molecule has 0 unspecified atom stereocenters. The van der Waals surface area contributed by atoms with Crippen LogP contribution in [-0.2, 0) is 35.3 Å². The topological polar surface area (TPSA) is 68.5 Å². The maximum atomic E-state index is 12.7. The minimum absolute atomic E-state index is 0.0000834. The van der Waals surface area contributed by atoms with E-state index in [-0.39, 0.29) is 5.91 Å². The van der Waals surface area contributed by atoms with Crippen LogP contribution in [0.5, 0.6) is 0 Å². The molecule has 6 nitrogen and oxygen atoms in total. The monoisotopic (exact) mass is 343 g/mol. The number of rotatable bonds is 6. The van der Waals surface area contributed by atoms with Gasteiger partial charge in [-0.2, -0.15) is 0 Å². The van der Waals surface area contributed by atoms with Gasteiger partial charge in [0.15, 0.2) is 5.89 Å². The number of carbonyl (C=O) groups is 1. The molecular formula is C19H25N3O3. The number of aryl methyl sites for hydroxylation is 2. The molecule has 0 saturated heterocycles. The minimum atomic E-state index is -0.806. The van der Waals surface area contributed by atoms with E-state index >= 15 is 0 Å². The van der Waals surface area contributed by atoms with E-state index in [1.807, 2.05) is 44.0 Å². The average Bonchev–Trinajstić information content (AvgIpc) is 3.02. The van der Waals surface area contributed by atoms with Crippen molar-refractivity contribution in [2.24, 2.45) is 0 Å². The molecule has 3 rings (SSSR count). The van der Waals surface area contributed by atoms with Crippen molar-refractivity contribution in [3.05, 3.63) is 47.4 Å². The first-order valence-electron chi connectivity index (χ1n) is 8.79. The van der Waals surface area contributed by atoms with E-state index in [4.69, 9.17) is 9.15 Å². The van der Waals surface area contributed by atoms with Gasteiger partial charge in [0, 0.05) is 38.4 Å². The Bertz CT molecular complexity index is 725. The Kier molecular flexibility index (Phi) is 5.18. The van der Waals surface area contributed by atoms with Crippen LogP contribution < -0.4 is 0 Å². The number of pyridine rings is 1. The van der Waals surface area contributed by atoms with E-state index in [9.17, 15) is 4.79 Å². The number of hydrogen-bond donors (Lipinski definition) is 0. The van der Waals surface area contributed by atoms with Gasteiger partial charge in [-0.15, -0.1) is 0 Å². The fraction of sp³-hybridized carbons (Fsp3) is 0.526. The summed E-state index contributed by atoms with van der Waals surface area (Å²) in [6, 6.07) is 3.98. The largest absolute Gasteiger partial charge is 0.445 e. The number of carbonyl (C=O) groups excluding carboxylic acids is 1. The Balaban J connectivity index is 1.64. The zero-order valence-electron chi connectivity index (χ0n) is 15.1. The molecule has 0 radical (unpaired) electrons. The number of amides is 1. The van der Waals surface area contributed by atoms with Crippen LogP contribution in [0, 0.1) is 0 Å². The number of aromatic nitrogens is 2. The lowest BCUT2D eigenvalue weighted by molar-refractivity contribution is -0.154. The molecule has 25 heavy (non-hydrogen) atoms. The van der Waals surface area contributed by atoms with Gasteiger partial charge in [-0.3, -0.25) is 9.78 Å². The zero-order chi connectivity index (χ0) is 17.9. The number of hydrogen-bond acceptors (Lipinski definition) is 5. The van der Waals surface area contributed by atoms with Crippen molar-refractivity contribution >= 4 is 5.91 Å². The highest BCUT2D eigenvalue weighted by Gasteiger charge is 2.35. The van der Waals surface area contributed by atoms with Gasteiger partial charge in [0.05, 0.1) is 6.54 Å². The van der Waals surface area contributed by atoms with Gasteiger partial charge in [0.1, 0.15) is 17.1 Å². The Labute approximate surface area is 148 Å². The molecular weight excluding hydrogens is 318 g/mol. The lowest BCUT2D eigenvalue weighted by Gasteiger charge is -2.33. The highest BCUT2D eigenvalue weighted by Crippen LogP contribution is 2.24. The maximum Gasteiger partial charge on any atom is 0.254 e. The molecule has 0 aliphatic carbocycles. The first kappa shape index (κ1) is 17.6. The molecule has 0 fully saturated rings. The smallest absolute Gasteiger partial charge is 0.254 e. The highest BCUT2D eigenvalue weighted by atomic mass is 16.5. The zero-order valence-corrected chi connectivity index (χ0v) is 15.1. The third-order valence-corrected chi connectivity index (χ3v) is 4.43. The van der Waals surface area contributed by atoms with E-state index in [2.05, 4.69) is 9.97 Å². The van der Waals surface area contributed by atoms with Gasteiger partial charge in [-0.1, -0.05) is 6.07 Å². The Morgan fingerprint density at radius 1 is 1.40 bits per heavy atom. The predicted molar refractivity (Wildman–Crippen MR) is 93.0 cm³/mol. The fourth-order valence-electron chi connectivity index (χ4n) is 3.13. The molecule has 1 aliphatic heterocycles. The molecule has 2 aromatic heterocycles. The fourth-order valence-corrected chi connectivity index (χ4v) is 3.13. The molecule has 0 aromatic carbocycles. The maximum absolute atomic E-state index is 12.7. The van der Waals surface area contributed by atoms with Gasteiger partial charge in [0.25, 0.3) is 5.91 Å². The van der Waals surface area contributed by atoms with E-state index < -0.39 is 5.60 Å². The van der Waals surface area contributed by atoms with E-state index in [0.29, 0.717) is 26.1 Å². The van der Waals surface area contributed by atoms with Crippen molar-refractivity contribution in [1.82, 2.24) is 14.9 Å². The average molecular weight is 343 g/mol. The third-order valence-electron chi connectivity index (χ3n) is 4.43. The second kappa shape index (κ2) is 7.35.